The van der Waals surface area contributed by atoms with Crippen molar-refractivity contribution in [1.29, 1.82) is 0 Å². The molecular weight excluding hydrogens is 456 g/mol. The highest BCUT2D eigenvalue weighted by Crippen LogP contribution is 2.36. The van der Waals surface area contributed by atoms with Gasteiger partial charge in [0.25, 0.3) is 10.0 Å². The summed E-state index contributed by atoms with van der Waals surface area (Å²) in [6.45, 7) is 0. The molecular formula is C24H22N4O3S2. The fourth-order valence-corrected chi connectivity index (χ4v) is 6.11. The van der Waals surface area contributed by atoms with Gasteiger partial charge in [0.1, 0.15) is 15.5 Å². The minimum atomic E-state index is -3.82. The molecule has 7 nitrogen and oxygen atoms in total. The van der Waals surface area contributed by atoms with Crippen molar-refractivity contribution in [3.63, 3.8) is 0 Å². The van der Waals surface area contributed by atoms with Crippen LogP contribution in [0.15, 0.2) is 59.6 Å². The number of hydrogen-bond donors (Lipinski definition) is 2. The molecule has 5 rings (SSSR count). The van der Waals surface area contributed by atoms with Crippen LogP contribution in [0.25, 0.3) is 10.2 Å². The molecule has 0 atom stereocenters. The van der Waals surface area contributed by atoms with Crippen LogP contribution in [0.3, 0.4) is 0 Å². The van der Waals surface area contributed by atoms with Gasteiger partial charge in [0.05, 0.1) is 10.6 Å². The van der Waals surface area contributed by atoms with Crippen LogP contribution in [0.4, 0.5) is 11.5 Å². The number of fused-ring (bicyclic) bond motifs is 2. The van der Waals surface area contributed by atoms with Crippen molar-refractivity contribution in [2.24, 2.45) is 0 Å². The summed E-state index contributed by atoms with van der Waals surface area (Å²) in [4.78, 5) is 23.2. The maximum Gasteiger partial charge on any atom is 0.263 e. The zero-order valence-electron chi connectivity index (χ0n) is 17.7. The number of carbonyl (C=O) groups excluding carboxylic acids is 1. The molecule has 0 aliphatic heterocycles. The van der Waals surface area contributed by atoms with E-state index in [1.165, 1.54) is 53.8 Å². The third-order valence-electron chi connectivity index (χ3n) is 5.79. The maximum absolute atomic E-state index is 13.2. The average molecular weight is 479 g/mol. The highest BCUT2D eigenvalue weighted by Gasteiger charge is 2.22. The molecule has 3 aromatic heterocycles. The van der Waals surface area contributed by atoms with Gasteiger partial charge in [0.2, 0.25) is 5.78 Å². The number of sulfonamides is 1. The van der Waals surface area contributed by atoms with E-state index in [1.807, 2.05) is 0 Å². The zero-order valence-corrected chi connectivity index (χ0v) is 19.4. The Morgan fingerprint density at radius 2 is 1.82 bits per heavy atom. The predicted octanol–water partition coefficient (Wildman–Crippen LogP) is 4.57. The van der Waals surface area contributed by atoms with Gasteiger partial charge < -0.3 is 5.73 Å². The van der Waals surface area contributed by atoms with Crippen molar-refractivity contribution in [1.82, 2.24) is 9.97 Å². The van der Waals surface area contributed by atoms with Gasteiger partial charge in [-0.05, 0) is 73.7 Å². The monoisotopic (exact) mass is 478 g/mol. The SMILES string of the molecule is Nc1c(C(=O)c2ccc(S(=O)(=O)Nc3ccccn3)cc2)sc2nc3c(cc12)CCCCC3. The molecule has 9 heteroatoms. The Labute approximate surface area is 195 Å². The number of nitrogens with one attached hydrogen (secondary N) is 1. The Kier molecular flexibility index (Phi) is 5.59. The van der Waals surface area contributed by atoms with Gasteiger partial charge in [0, 0.05) is 22.8 Å². The predicted molar refractivity (Wildman–Crippen MR) is 130 cm³/mol. The molecule has 4 aromatic rings. The second kappa shape index (κ2) is 8.57. The molecule has 0 spiro atoms. The van der Waals surface area contributed by atoms with Crippen LogP contribution in [0.5, 0.6) is 0 Å². The van der Waals surface area contributed by atoms with Gasteiger partial charge in [0.15, 0.2) is 0 Å². The summed E-state index contributed by atoms with van der Waals surface area (Å²) in [6, 6.07) is 12.9. The molecule has 168 valence electrons. The molecule has 0 unspecified atom stereocenters. The minimum absolute atomic E-state index is 0.0411. The lowest BCUT2D eigenvalue weighted by atomic mass is 10.1. The molecule has 1 aliphatic carbocycles. The zero-order chi connectivity index (χ0) is 23.0. The quantitative estimate of drug-likeness (QED) is 0.321. The largest absolute Gasteiger partial charge is 0.397 e. The van der Waals surface area contributed by atoms with E-state index < -0.39 is 10.0 Å². The summed E-state index contributed by atoms with van der Waals surface area (Å²) >= 11 is 1.29. The first-order chi connectivity index (χ1) is 15.9. The number of ketones is 1. The number of nitrogen functional groups attached to an aromatic ring is 1. The Balaban J connectivity index is 1.43. The van der Waals surface area contributed by atoms with Crippen molar-refractivity contribution >= 4 is 48.9 Å². The normalized spacial score (nSPS) is 13.9. The van der Waals surface area contributed by atoms with Gasteiger partial charge in [-0.15, -0.1) is 11.3 Å². The third-order valence-corrected chi connectivity index (χ3v) is 8.27. The van der Waals surface area contributed by atoms with Crippen molar-refractivity contribution in [2.45, 2.75) is 37.0 Å². The molecule has 1 aliphatic rings. The van der Waals surface area contributed by atoms with Crippen LogP contribution in [0.1, 0.15) is 45.8 Å². The van der Waals surface area contributed by atoms with Gasteiger partial charge in [-0.1, -0.05) is 12.5 Å². The summed E-state index contributed by atoms with van der Waals surface area (Å²) in [7, 11) is -3.82. The maximum atomic E-state index is 13.2. The topological polar surface area (TPSA) is 115 Å². The number of nitrogens with two attached hydrogens (primary N) is 1. The molecule has 0 fully saturated rings. The molecule has 1 aromatic carbocycles. The fraction of sp³-hybridized carbons (Fsp3) is 0.208. The second-order valence-electron chi connectivity index (χ2n) is 8.03. The molecule has 33 heavy (non-hydrogen) atoms. The van der Waals surface area contributed by atoms with E-state index in [-0.39, 0.29) is 16.5 Å². The lowest BCUT2D eigenvalue weighted by Crippen LogP contribution is -2.14. The van der Waals surface area contributed by atoms with Crippen molar-refractivity contribution in [2.75, 3.05) is 10.5 Å². The van der Waals surface area contributed by atoms with Gasteiger partial charge in [-0.25, -0.2) is 18.4 Å². The summed E-state index contributed by atoms with van der Waals surface area (Å²) in [5, 5.41) is 0.822. The number of aryl methyl sites for hydroxylation is 2. The van der Waals surface area contributed by atoms with E-state index in [0.29, 0.717) is 16.1 Å². The Bertz CT molecular complexity index is 1450. The average Bonchev–Trinajstić information content (AvgIpc) is 2.98. The van der Waals surface area contributed by atoms with Crippen molar-refractivity contribution in [3.05, 3.63) is 76.4 Å². The number of anilines is 2. The van der Waals surface area contributed by atoms with Gasteiger partial charge >= 0.3 is 0 Å². The van der Waals surface area contributed by atoms with Gasteiger partial charge in [-0.3, -0.25) is 9.52 Å². The number of benzene rings is 1. The summed E-state index contributed by atoms with van der Waals surface area (Å²) in [6.07, 6.45) is 6.91. The highest BCUT2D eigenvalue weighted by molar-refractivity contribution is 7.92. The van der Waals surface area contributed by atoms with E-state index in [1.54, 1.807) is 18.2 Å². The molecule has 3 N–H and O–H groups in total. The molecule has 0 radical (unpaired) electrons. The van der Waals surface area contributed by atoms with E-state index in [4.69, 9.17) is 10.7 Å². The van der Waals surface area contributed by atoms with Crippen molar-refractivity contribution < 1.29 is 13.2 Å². The van der Waals surface area contributed by atoms with Crippen LogP contribution < -0.4 is 10.5 Å². The number of pyridine rings is 2. The number of thiophene rings is 1. The van der Waals surface area contributed by atoms with E-state index >= 15 is 0 Å². The van der Waals surface area contributed by atoms with Crippen LogP contribution in [0, 0.1) is 0 Å². The number of nitrogens with zero attached hydrogens (tertiary/aromatic N) is 2. The van der Waals surface area contributed by atoms with E-state index in [2.05, 4.69) is 15.8 Å². The fourth-order valence-electron chi connectivity index (χ4n) is 4.04. The van der Waals surface area contributed by atoms with Crippen LogP contribution in [-0.2, 0) is 22.9 Å². The Morgan fingerprint density at radius 1 is 1.03 bits per heavy atom. The first-order valence-electron chi connectivity index (χ1n) is 10.7. The van der Waals surface area contributed by atoms with E-state index in [0.717, 1.165) is 41.6 Å². The standard InChI is InChI=1S/C24H22N4O3S2/c25-21-18-14-16-6-2-1-3-7-19(16)27-24(18)32-23(21)22(29)15-9-11-17(12-10-15)33(30,31)28-20-8-4-5-13-26-20/h4-5,8-14H,1-3,6-7,25H2,(H,26,28). The molecule has 3 heterocycles. The third kappa shape index (κ3) is 4.21. The van der Waals surface area contributed by atoms with Crippen LogP contribution >= 0.6 is 11.3 Å². The molecule has 0 amide bonds. The Morgan fingerprint density at radius 3 is 2.58 bits per heavy atom. The number of carbonyl (C=O) groups is 1. The summed E-state index contributed by atoms with van der Waals surface area (Å²) in [5.41, 5.74) is 9.50. The minimum Gasteiger partial charge on any atom is -0.397 e. The number of hydrogen-bond acceptors (Lipinski definition) is 7. The smallest absolute Gasteiger partial charge is 0.263 e. The Hall–Kier alpha value is -3.30. The summed E-state index contributed by atoms with van der Waals surface area (Å²) < 4.78 is 27.6. The van der Waals surface area contributed by atoms with Crippen LogP contribution in [-0.4, -0.2) is 24.2 Å². The molecule has 0 bridgehead atoms. The van der Waals surface area contributed by atoms with Crippen LogP contribution in [0.2, 0.25) is 0 Å². The van der Waals surface area contributed by atoms with Crippen molar-refractivity contribution in [3.8, 4) is 0 Å². The molecule has 0 saturated carbocycles. The lowest BCUT2D eigenvalue weighted by molar-refractivity contribution is 0.104. The number of aromatic nitrogens is 2. The number of rotatable bonds is 5. The summed E-state index contributed by atoms with van der Waals surface area (Å²) in [5.74, 6) is -0.0195. The second-order valence-corrected chi connectivity index (χ2v) is 10.7. The first-order valence-corrected chi connectivity index (χ1v) is 13.0. The lowest BCUT2D eigenvalue weighted by Gasteiger charge is -2.07. The van der Waals surface area contributed by atoms with E-state index in [9.17, 15) is 13.2 Å². The van der Waals surface area contributed by atoms with Gasteiger partial charge in [-0.2, -0.15) is 0 Å². The first kappa shape index (κ1) is 21.5. The highest BCUT2D eigenvalue weighted by atomic mass is 32.2. The molecule has 0 saturated heterocycles.